The Morgan fingerprint density at radius 2 is 1.11 bits per heavy atom. The third kappa shape index (κ3) is 11.5. The average molecular weight is 627 g/mol. The van der Waals surface area contributed by atoms with Gasteiger partial charge < -0.3 is 20.1 Å². The zero-order valence-corrected chi connectivity index (χ0v) is 29.7. The van der Waals surface area contributed by atoms with E-state index in [1.807, 2.05) is 18.2 Å². The molecule has 2 rings (SSSR count). The monoisotopic (exact) mass is 626 g/mol. The first kappa shape index (κ1) is 38.3. The van der Waals surface area contributed by atoms with Gasteiger partial charge in [-0.2, -0.15) is 0 Å². The summed E-state index contributed by atoms with van der Waals surface area (Å²) >= 11 is 0. The van der Waals surface area contributed by atoms with Crippen LogP contribution in [0, 0.1) is 0 Å². The number of rotatable bonds is 18. The number of aromatic hydroxyl groups is 3. The van der Waals surface area contributed by atoms with Gasteiger partial charge in [-0.1, -0.05) is 78.7 Å². The number of allylic oxidation sites excluding steroid dienone is 10. The van der Waals surface area contributed by atoms with Crippen molar-refractivity contribution in [3.63, 3.8) is 0 Å². The SMILES string of the molecule is C=C[C@@](C)(CC/C=C(\C)CCC=C(C)C)c1ccc(O)c(Oc2cc([C@](C)(C=C)CC/C=C(\C)CCC=C(C)C)cc(O)c2O)c1. The Kier molecular flexibility index (Phi) is 14.7. The first-order valence-electron chi connectivity index (χ1n) is 16.6. The molecule has 0 saturated heterocycles. The van der Waals surface area contributed by atoms with Gasteiger partial charge in [-0.15, -0.1) is 13.2 Å². The van der Waals surface area contributed by atoms with Crippen LogP contribution in [0.15, 0.2) is 102 Å². The molecule has 4 heteroatoms. The topological polar surface area (TPSA) is 69.9 Å². The quantitative estimate of drug-likeness (QED) is 0.114. The van der Waals surface area contributed by atoms with Crippen molar-refractivity contribution in [1.82, 2.24) is 0 Å². The molecule has 0 aliphatic heterocycles. The third-order valence-corrected chi connectivity index (χ3v) is 8.95. The standard InChI is InChI=1S/C42H58O4/c1-11-41(9,25-15-21-32(7)19-13-17-30(3)4)34-23-24-36(43)38(28-34)46-39-29-35(27-37(44)40(39)45)42(10,12-2)26-16-22-33(8)20-14-18-31(5)6/h11-12,17-18,21-24,27-29,43-45H,1-2,13-16,19-20,25-26H2,3-10H3/b32-21+,33-22+/t41-,42+/m0/s1. The highest BCUT2D eigenvalue weighted by atomic mass is 16.5. The summed E-state index contributed by atoms with van der Waals surface area (Å²) in [7, 11) is 0. The number of ether oxygens (including phenoxy) is 1. The van der Waals surface area contributed by atoms with Gasteiger partial charge in [-0.05, 0) is 128 Å². The van der Waals surface area contributed by atoms with Crippen molar-refractivity contribution in [1.29, 1.82) is 0 Å². The Labute approximate surface area is 279 Å². The predicted molar refractivity (Wildman–Crippen MR) is 196 cm³/mol. The Hall–Kier alpha value is -3.92. The Balaban J connectivity index is 2.29. The molecule has 0 amide bonds. The zero-order chi connectivity index (χ0) is 34.5. The Bertz CT molecular complexity index is 1460. The summed E-state index contributed by atoms with van der Waals surface area (Å²) in [5, 5.41) is 32.3. The number of hydrogen-bond acceptors (Lipinski definition) is 4. The molecule has 0 aliphatic carbocycles. The van der Waals surface area contributed by atoms with Crippen molar-refractivity contribution >= 4 is 0 Å². The second-order valence-corrected chi connectivity index (χ2v) is 13.7. The maximum Gasteiger partial charge on any atom is 0.201 e. The molecule has 0 spiro atoms. The summed E-state index contributed by atoms with van der Waals surface area (Å²) in [4.78, 5) is 0. The smallest absolute Gasteiger partial charge is 0.201 e. The van der Waals surface area contributed by atoms with Gasteiger partial charge in [0.05, 0.1) is 0 Å². The van der Waals surface area contributed by atoms with E-state index in [0.29, 0.717) is 0 Å². The van der Waals surface area contributed by atoms with Gasteiger partial charge in [-0.3, -0.25) is 0 Å². The molecule has 250 valence electrons. The van der Waals surface area contributed by atoms with E-state index in [4.69, 9.17) is 4.74 Å². The second kappa shape index (κ2) is 17.7. The molecule has 0 radical (unpaired) electrons. The summed E-state index contributed by atoms with van der Waals surface area (Å²) in [5.74, 6) is -0.461. The van der Waals surface area contributed by atoms with E-state index < -0.39 is 5.41 Å². The molecular formula is C42H58O4. The molecule has 4 nitrogen and oxygen atoms in total. The van der Waals surface area contributed by atoms with Crippen molar-refractivity contribution in [2.24, 2.45) is 0 Å². The van der Waals surface area contributed by atoms with Crippen LogP contribution in [0.4, 0.5) is 0 Å². The summed E-state index contributed by atoms with van der Waals surface area (Å²) in [6.07, 6.45) is 20.4. The van der Waals surface area contributed by atoms with E-state index in [2.05, 4.69) is 92.9 Å². The first-order valence-corrected chi connectivity index (χ1v) is 16.6. The van der Waals surface area contributed by atoms with E-state index in [0.717, 1.165) is 62.5 Å². The van der Waals surface area contributed by atoms with Crippen molar-refractivity contribution in [3.05, 3.63) is 113 Å². The Morgan fingerprint density at radius 1 is 0.630 bits per heavy atom. The van der Waals surface area contributed by atoms with Gasteiger partial charge >= 0.3 is 0 Å². The lowest BCUT2D eigenvalue weighted by molar-refractivity contribution is 0.359. The van der Waals surface area contributed by atoms with Crippen LogP contribution in [-0.4, -0.2) is 15.3 Å². The average Bonchev–Trinajstić information content (AvgIpc) is 2.99. The van der Waals surface area contributed by atoms with Crippen LogP contribution in [0.5, 0.6) is 28.7 Å². The normalized spacial score (nSPS) is 14.5. The zero-order valence-electron chi connectivity index (χ0n) is 29.7. The number of phenolic OH excluding ortho intramolecular Hbond substituents is 3. The third-order valence-electron chi connectivity index (χ3n) is 8.95. The maximum atomic E-state index is 10.8. The first-order chi connectivity index (χ1) is 21.6. The van der Waals surface area contributed by atoms with Crippen molar-refractivity contribution < 1.29 is 20.1 Å². The number of phenols is 3. The predicted octanol–water partition coefficient (Wildman–Crippen LogP) is 12.4. The van der Waals surface area contributed by atoms with Crippen LogP contribution in [0.3, 0.4) is 0 Å². The van der Waals surface area contributed by atoms with Crippen molar-refractivity contribution in [2.75, 3.05) is 0 Å². The minimum atomic E-state index is -0.484. The van der Waals surface area contributed by atoms with E-state index in [1.54, 1.807) is 24.3 Å². The van der Waals surface area contributed by atoms with Crippen LogP contribution in [0.25, 0.3) is 0 Å². The second-order valence-electron chi connectivity index (χ2n) is 13.7. The molecule has 2 atom stereocenters. The van der Waals surface area contributed by atoms with Crippen LogP contribution in [-0.2, 0) is 10.8 Å². The van der Waals surface area contributed by atoms with Gasteiger partial charge in [0.1, 0.15) is 0 Å². The maximum absolute atomic E-state index is 10.8. The molecule has 2 aromatic rings. The van der Waals surface area contributed by atoms with E-state index in [9.17, 15) is 15.3 Å². The molecule has 0 heterocycles. The lowest BCUT2D eigenvalue weighted by Gasteiger charge is -2.28. The molecular weight excluding hydrogens is 568 g/mol. The minimum Gasteiger partial charge on any atom is -0.504 e. The lowest BCUT2D eigenvalue weighted by atomic mass is 9.78. The van der Waals surface area contributed by atoms with Crippen LogP contribution >= 0.6 is 0 Å². The van der Waals surface area contributed by atoms with Gasteiger partial charge in [0.2, 0.25) is 5.75 Å². The van der Waals surface area contributed by atoms with E-state index in [-0.39, 0.29) is 34.2 Å². The molecule has 0 unspecified atom stereocenters. The van der Waals surface area contributed by atoms with Crippen molar-refractivity contribution in [3.8, 4) is 28.7 Å². The molecule has 0 bridgehead atoms. The summed E-state index contributed by atoms with van der Waals surface area (Å²) in [6.45, 7) is 25.2. The molecule has 3 N–H and O–H groups in total. The lowest BCUT2D eigenvalue weighted by Crippen LogP contribution is -2.19. The number of benzene rings is 2. The summed E-state index contributed by atoms with van der Waals surface area (Å²) < 4.78 is 6.13. The highest BCUT2D eigenvalue weighted by Gasteiger charge is 2.27. The van der Waals surface area contributed by atoms with Crippen LogP contribution in [0.2, 0.25) is 0 Å². The molecule has 0 saturated carbocycles. The van der Waals surface area contributed by atoms with Gasteiger partial charge in [0.25, 0.3) is 0 Å². The van der Waals surface area contributed by atoms with E-state index >= 15 is 0 Å². The van der Waals surface area contributed by atoms with Gasteiger partial charge in [0.15, 0.2) is 23.0 Å². The summed E-state index contributed by atoms with van der Waals surface area (Å²) in [6, 6.07) is 8.57. The van der Waals surface area contributed by atoms with Crippen molar-refractivity contribution in [2.45, 2.75) is 118 Å². The fraction of sp³-hybridized carbons (Fsp3) is 0.429. The highest BCUT2D eigenvalue weighted by molar-refractivity contribution is 5.57. The summed E-state index contributed by atoms with van der Waals surface area (Å²) in [5.41, 5.74) is 6.23. The molecule has 0 fully saturated rings. The molecule has 2 aromatic carbocycles. The molecule has 0 aliphatic rings. The molecule has 0 aromatic heterocycles. The van der Waals surface area contributed by atoms with Crippen LogP contribution < -0.4 is 4.74 Å². The van der Waals surface area contributed by atoms with E-state index in [1.165, 1.54) is 22.3 Å². The van der Waals surface area contributed by atoms with Crippen LogP contribution in [0.1, 0.15) is 118 Å². The number of hydrogen-bond donors (Lipinski definition) is 3. The highest BCUT2D eigenvalue weighted by Crippen LogP contribution is 2.46. The van der Waals surface area contributed by atoms with Gasteiger partial charge in [0, 0.05) is 10.8 Å². The largest absolute Gasteiger partial charge is 0.504 e. The minimum absolute atomic E-state index is 0.0605. The Morgan fingerprint density at radius 3 is 1.59 bits per heavy atom. The molecule has 46 heavy (non-hydrogen) atoms. The fourth-order valence-corrected chi connectivity index (χ4v) is 5.42. The van der Waals surface area contributed by atoms with Gasteiger partial charge in [-0.25, -0.2) is 0 Å². The fourth-order valence-electron chi connectivity index (χ4n) is 5.42.